The number of piperazine rings is 1. The van der Waals surface area contributed by atoms with E-state index in [9.17, 15) is 4.79 Å². The molecule has 4 rings (SSSR count). The molecule has 1 amide bonds. The summed E-state index contributed by atoms with van der Waals surface area (Å²) in [5, 5.41) is 0.981. The van der Waals surface area contributed by atoms with E-state index >= 15 is 0 Å². The van der Waals surface area contributed by atoms with Gasteiger partial charge in [0.05, 0.1) is 19.7 Å². The first-order chi connectivity index (χ1) is 15.1. The van der Waals surface area contributed by atoms with Crippen LogP contribution in [0.15, 0.2) is 54.7 Å². The molecule has 1 atom stereocenters. The van der Waals surface area contributed by atoms with Gasteiger partial charge in [0.25, 0.3) is 0 Å². The quantitative estimate of drug-likeness (QED) is 0.660. The molecule has 1 aliphatic rings. The predicted octanol–water partition coefficient (Wildman–Crippen LogP) is 2.99. The zero-order chi connectivity index (χ0) is 21.8. The van der Waals surface area contributed by atoms with Gasteiger partial charge in [0.15, 0.2) is 0 Å². The Balaban J connectivity index is 1.34. The van der Waals surface area contributed by atoms with Crippen LogP contribution in [0.3, 0.4) is 0 Å². The average Bonchev–Trinajstić information content (AvgIpc) is 2.83. The Morgan fingerprint density at radius 3 is 2.35 bits per heavy atom. The summed E-state index contributed by atoms with van der Waals surface area (Å²) in [6.45, 7) is 2.97. The largest absolute Gasteiger partial charge is 0.497 e. The molecular weight excluding hydrogens is 392 g/mol. The lowest BCUT2D eigenvalue weighted by atomic mass is 10.0. The molecule has 0 bridgehead atoms. The number of nitrogens with two attached hydrogens (primary N) is 1. The third-order valence-corrected chi connectivity index (χ3v) is 5.81. The van der Waals surface area contributed by atoms with Crippen LogP contribution in [0.1, 0.15) is 18.0 Å². The predicted molar refractivity (Wildman–Crippen MR) is 122 cm³/mol. The molecule has 2 aromatic carbocycles. The Bertz CT molecular complexity index is 1050. The van der Waals surface area contributed by atoms with Crippen LogP contribution in [-0.2, 0) is 4.79 Å². The van der Waals surface area contributed by atoms with Crippen molar-refractivity contribution in [1.82, 2.24) is 9.88 Å². The fraction of sp³-hybridized carbons (Fsp3) is 0.333. The van der Waals surface area contributed by atoms with Gasteiger partial charge < -0.3 is 25.0 Å². The number of benzene rings is 2. The first-order valence-corrected chi connectivity index (χ1v) is 10.4. The highest BCUT2D eigenvalue weighted by Crippen LogP contribution is 2.24. The number of rotatable bonds is 6. The topological polar surface area (TPSA) is 80.9 Å². The van der Waals surface area contributed by atoms with Crippen molar-refractivity contribution in [3.05, 3.63) is 60.3 Å². The second kappa shape index (κ2) is 9.22. The van der Waals surface area contributed by atoms with Gasteiger partial charge in [-0.15, -0.1) is 0 Å². The Hall–Kier alpha value is -3.32. The lowest BCUT2D eigenvalue weighted by Gasteiger charge is -2.36. The Morgan fingerprint density at radius 1 is 1.00 bits per heavy atom. The van der Waals surface area contributed by atoms with Crippen LogP contribution >= 0.6 is 0 Å². The molecule has 1 aromatic heterocycles. The normalized spacial score (nSPS) is 15.1. The van der Waals surface area contributed by atoms with Gasteiger partial charge in [-0.05, 0) is 48.0 Å². The van der Waals surface area contributed by atoms with Crippen LogP contribution in [0, 0.1) is 0 Å². The molecule has 2 heterocycles. The highest BCUT2D eigenvalue weighted by atomic mass is 16.5. The number of hydrogen-bond donors (Lipinski definition) is 1. The highest BCUT2D eigenvalue weighted by molar-refractivity contribution is 5.81. The van der Waals surface area contributed by atoms with E-state index in [1.165, 1.54) is 0 Å². The van der Waals surface area contributed by atoms with Crippen molar-refractivity contribution in [2.75, 3.05) is 45.3 Å². The summed E-state index contributed by atoms with van der Waals surface area (Å²) >= 11 is 0. The van der Waals surface area contributed by atoms with E-state index in [0.717, 1.165) is 46.7 Å². The Labute approximate surface area is 182 Å². The number of fused-ring (bicyclic) bond motifs is 1. The number of carbonyl (C=O) groups is 1. The summed E-state index contributed by atoms with van der Waals surface area (Å²) in [6, 6.07) is 15.4. The molecule has 0 saturated carbocycles. The van der Waals surface area contributed by atoms with Gasteiger partial charge >= 0.3 is 0 Å². The standard InChI is InChI=1S/C24H28N4O3/c1-30-20-7-4-19(5-8-20)27-9-11-28(12-10-27)24(29)15-22(25)18-13-17-3-6-21(31-2)14-23(17)26-16-18/h3-8,13-14,16,22H,9-12,15,25H2,1-2H3. The molecule has 0 radical (unpaired) electrons. The molecule has 3 aromatic rings. The molecule has 7 heteroatoms. The van der Waals surface area contributed by atoms with E-state index < -0.39 is 0 Å². The van der Waals surface area contributed by atoms with E-state index in [2.05, 4.69) is 22.0 Å². The third kappa shape index (κ3) is 4.72. The van der Waals surface area contributed by atoms with Crippen molar-refractivity contribution in [3.63, 3.8) is 0 Å². The number of hydrogen-bond acceptors (Lipinski definition) is 6. The zero-order valence-electron chi connectivity index (χ0n) is 18.0. The van der Waals surface area contributed by atoms with Gasteiger partial charge in [0.2, 0.25) is 5.91 Å². The molecule has 162 valence electrons. The number of ether oxygens (including phenoxy) is 2. The Morgan fingerprint density at radius 2 is 1.68 bits per heavy atom. The minimum absolute atomic E-state index is 0.0803. The molecule has 1 aliphatic heterocycles. The number of carbonyl (C=O) groups excluding carboxylic acids is 1. The maximum absolute atomic E-state index is 12.8. The first-order valence-electron chi connectivity index (χ1n) is 10.4. The van der Waals surface area contributed by atoms with E-state index in [1.807, 2.05) is 41.3 Å². The van der Waals surface area contributed by atoms with Crippen molar-refractivity contribution in [2.45, 2.75) is 12.5 Å². The Kier molecular flexibility index (Phi) is 6.23. The number of pyridine rings is 1. The molecule has 1 saturated heterocycles. The molecule has 0 spiro atoms. The van der Waals surface area contributed by atoms with E-state index in [4.69, 9.17) is 15.2 Å². The first kappa shape index (κ1) is 20.9. The SMILES string of the molecule is COc1ccc(N2CCN(C(=O)CC(N)c3cnc4cc(OC)ccc4c3)CC2)cc1. The number of aromatic nitrogens is 1. The van der Waals surface area contributed by atoms with Gasteiger partial charge in [-0.3, -0.25) is 9.78 Å². The number of anilines is 1. The molecule has 31 heavy (non-hydrogen) atoms. The third-order valence-electron chi connectivity index (χ3n) is 5.81. The maximum Gasteiger partial charge on any atom is 0.224 e. The van der Waals surface area contributed by atoms with E-state index in [-0.39, 0.29) is 18.4 Å². The van der Waals surface area contributed by atoms with Gasteiger partial charge in [-0.1, -0.05) is 0 Å². The van der Waals surface area contributed by atoms with Gasteiger partial charge in [-0.25, -0.2) is 0 Å². The summed E-state index contributed by atoms with van der Waals surface area (Å²) in [5.74, 6) is 1.69. The average molecular weight is 421 g/mol. The molecule has 2 N–H and O–H groups in total. The lowest BCUT2D eigenvalue weighted by Crippen LogP contribution is -2.49. The smallest absolute Gasteiger partial charge is 0.224 e. The van der Waals surface area contributed by atoms with Crippen LogP contribution in [-0.4, -0.2) is 56.2 Å². The fourth-order valence-electron chi connectivity index (χ4n) is 3.89. The number of methoxy groups -OCH3 is 2. The summed E-state index contributed by atoms with van der Waals surface area (Å²) < 4.78 is 10.5. The summed E-state index contributed by atoms with van der Waals surface area (Å²) in [4.78, 5) is 21.5. The van der Waals surface area contributed by atoms with Crippen LogP contribution in [0.4, 0.5) is 5.69 Å². The molecular formula is C24H28N4O3. The van der Waals surface area contributed by atoms with Gasteiger partial charge in [0.1, 0.15) is 11.5 Å². The second-order valence-corrected chi connectivity index (χ2v) is 7.70. The van der Waals surface area contributed by atoms with Crippen LogP contribution in [0.2, 0.25) is 0 Å². The molecule has 0 aliphatic carbocycles. The van der Waals surface area contributed by atoms with Gasteiger partial charge in [0, 0.05) is 62.0 Å². The minimum Gasteiger partial charge on any atom is -0.497 e. The second-order valence-electron chi connectivity index (χ2n) is 7.70. The molecule has 1 unspecified atom stereocenters. The highest BCUT2D eigenvalue weighted by Gasteiger charge is 2.23. The van der Waals surface area contributed by atoms with E-state index in [1.54, 1.807) is 20.4 Å². The fourth-order valence-corrected chi connectivity index (χ4v) is 3.89. The van der Waals surface area contributed by atoms with Crippen LogP contribution in [0.25, 0.3) is 10.9 Å². The van der Waals surface area contributed by atoms with Crippen molar-refractivity contribution in [2.24, 2.45) is 5.73 Å². The molecule has 1 fully saturated rings. The molecule has 7 nitrogen and oxygen atoms in total. The van der Waals surface area contributed by atoms with Gasteiger partial charge in [-0.2, -0.15) is 0 Å². The summed E-state index contributed by atoms with van der Waals surface area (Å²) in [6.07, 6.45) is 2.02. The monoisotopic (exact) mass is 420 g/mol. The van der Waals surface area contributed by atoms with Crippen molar-refractivity contribution in [3.8, 4) is 11.5 Å². The minimum atomic E-state index is -0.383. The van der Waals surface area contributed by atoms with E-state index in [0.29, 0.717) is 13.1 Å². The van der Waals surface area contributed by atoms with Crippen LogP contribution in [0.5, 0.6) is 11.5 Å². The summed E-state index contributed by atoms with van der Waals surface area (Å²) in [5.41, 5.74) is 9.21. The number of amides is 1. The van der Waals surface area contributed by atoms with Crippen molar-refractivity contribution in [1.29, 1.82) is 0 Å². The number of nitrogens with zero attached hydrogens (tertiary/aromatic N) is 3. The van der Waals surface area contributed by atoms with Crippen molar-refractivity contribution >= 4 is 22.5 Å². The summed E-state index contributed by atoms with van der Waals surface area (Å²) in [7, 11) is 3.29. The zero-order valence-corrected chi connectivity index (χ0v) is 18.0. The van der Waals surface area contributed by atoms with Crippen LogP contribution < -0.4 is 20.1 Å². The lowest BCUT2D eigenvalue weighted by molar-refractivity contribution is -0.131. The maximum atomic E-state index is 12.8. The van der Waals surface area contributed by atoms with Crippen molar-refractivity contribution < 1.29 is 14.3 Å².